The van der Waals surface area contributed by atoms with Crippen molar-refractivity contribution in [3.8, 4) is 0 Å². The van der Waals surface area contributed by atoms with Crippen LogP contribution in [-0.2, 0) is 16.4 Å². The number of rotatable bonds is 7. The summed E-state index contributed by atoms with van der Waals surface area (Å²) in [7, 11) is -3.37. The molecule has 0 amide bonds. The van der Waals surface area contributed by atoms with Gasteiger partial charge in [-0.25, -0.2) is 8.42 Å². The van der Waals surface area contributed by atoms with Gasteiger partial charge in [0.15, 0.2) is 5.96 Å². The molecule has 0 radical (unpaired) electrons. The average molecular weight is 562 g/mol. The average Bonchev–Trinajstić information content (AvgIpc) is 3.48. The van der Waals surface area contributed by atoms with Crippen LogP contribution in [0, 0.1) is 0 Å². The number of aliphatic imine (C=N–C) groups is 1. The van der Waals surface area contributed by atoms with E-state index in [2.05, 4.69) is 20.5 Å². The molecule has 9 heteroatoms. The Morgan fingerprint density at radius 1 is 1.16 bits per heavy atom. The van der Waals surface area contributed by atoms with Gasteiger partial charge in [-0.1, -0.05) is 31.0 Å². The third kappa shape index (κ3) is 6.04. The van der Waals surface area contributed by atoms with Gasteiger partial charge in [0.25, 0.3) is 0 Å². The van der Waals surface area contributed by atoms with Crippen LogP contribution in [0.15, 0.2) is 29.3 Å². The number of hydrogen-bond acceptors (Lipinski definition) is 4. The zero-order valence-electron chi connectivity index (χ0n) is 18.4. The maximum absolute atomic E-state index is 12.9. The Kier molecular flexibility index (Phi) is 8.86. The number of benzene rings is 1. The molecule has 1 aromatic rings. The van der Waals surface area contributed by atoms with Gasteiger partial charge < -0.3 is 10.6 Å². The van der Waals surface area contributed by atoms with E-state index in [1.807, 2.05) is 31.2 Å². The van der Waals surface area contributed by atoms with Gasteiger partial charge in [-0.2, -0.15) is 0 Å². The fourth-order valence-corrected chi connectivity index (χ4v) is 6.39. The summed E-state index contributed by atoms with van der Waals surface area (Å²) in [5.41, 5.74) is 1.93. The van der Waals surface area contributed by atoms with Crippen LogP contribution in [0.2, 0.25) is 0 Å². The zero-order valence-corrected chi connectivity index (χ0v) is 21.6. The van der Waals surface area contributed by atoms with E-state index in [0.717, 1.165) is 55.7 Å². The molecule has 2 fully saturated rings. The third-order valence-electron chi connectivity index (χ3n) is 6.55. The molecule has 2 aliphatic heterocycles. The molecule has 174 valence electrons. The second-order valence-corrected chi connectivity index (χ2v) is 10.6. The van der Waals surface area contributed by atoms with Gasteiger partial charge in [0.2, 0.25) is 10.0 Å². The van der Waals surface area contributed by atoms with Crippen LogP contribution in [0.4, 0.5) is 5.69 Å². The molecule has 4 rings (SSSR count). The normalized spacial score (nSPS) is 22.4. The van der Waals surface area contributed by atoms with Crippen LogP contribution in [-0.4, -0.2) is 69.8 Å². The van der Waals surface area contributed by atoms with Crippen molar-refractivity contribution in [1.82, 2.24) is 15.5 Å². The highest BCUT2D eigenvalue weighted by Gasteiger charge is 2.31. The Labute approximate surface area is 204 Å². The molecular weight excluding hydrogens is 525 g/mol. The number of sulfonamides is 1. The van der Waals surface area contributed by atoms with E-state index in [9.17, 15) is 8.42 Å². The number of nitrogens with zero attached hydrogens (tertiary/aromatic N) is 3. The second kappa shape index (κ2) is 11.2. The van der Waals surface area contributed by atoms with E-state index >= 15 is 0 Å². The lowest BCUT2D eigenvalue weighted by atomic mass is 10.2. The summed E-state index contributed by atoms with van der Waals surface area (Å²) in [5, 5.41) is 6.81. The largest absolute Gasteiger partial charge is 0.357 e. The monoisotopic (exact) mass is 561 g/mol. The highest BCUT2D eigenvalue weighted by atomic mass is 127. The fourth-order valence-electron chi connectivity index (χ4n) is 5.00. The lowest BCUT2D eigenvalue weighted by Gasteiger charge is -2.24. The first kappa shape index (κ1) is 24.6. The van der Waals surface area contributed by atoms with Crippen molar-refractivity contribution in [3.05, 3.63) is 29.8 Å². The van der Waals surface area contributed by atoms with E-state index in [1.54, 1.807) is 4.31 Å². The maximum atomic E-state index is 12.9. The van der Waals surface area contributed by atoms with Crippen molar-refractivity contribution in [2.45, 2.75) is 57.5 Å². The lowest BCUT2D eigenvalue weighted by Crippen LogP contribution is -2.45. The van der Waals surface area contributed by atoms with Gasteiger partial charge in [-0.15, -0.1) is 24.0 Å². The molecule has 31 heavy (non-hydrogen) atoms. The molecule has 1 atom stereocenters. The summed E-state index contributed by atoms with van der Waals surface area (Å²) in [6.07, 6.45) is 7.28. The number of fused-ring (bicyclic) bond motifs is 1. The van der Waals surface area contributed by atoms with Crippen LogP contribution in [0.25, 0.3) is 0 Å². The molecule has 1 unspecified atom stereocenters. The first-order valence-corrected chi connectivity index (χ1v) is 13.0. The zero-order chi connectivity index (χ0) is 21.0. The molecule has 0 spiro atoms. The summed E-state index contributed by atoms with van der Waals surface area (Å²) in [6, 6.07) is 8.90. The molecule has 2 N–H and O–H groups in total. The number of halogens is 1. The third-order valence-corrected chi connectivity index (χ3v) is 8.29. The predicted octanol–water partition coefficient (Wildman–Crippen LogP) is 2.57. The van der Waals surface area contributed by atoms with Crippen molar-refractivity contribution in [3.63, 3.8) is 0 Å². The Balaban J connectivity index is 0.00000272. The minimum absolute atomic E-state index is 0. The molecular formula is C22H36IN5O2S. The van der Waals surface area contributed by atoms with Crippen molar-refractivity contribution in [1.29, 1.82) is 0 Å². The quantitative estimate of drug-likeness (QED) is 0.304. The molecule has 7 nitrogen and oxygen atoms in total. The Bertz CT molecular complexity index is 857. The summed E-state index contributed by atoms with van der Waals surface area (Å²) in [5.74, 6) is 0.754. The number of likely N-dealkylation sites (tertiary alicyclic amines) is 1. The molecule has 0 bridgehead atoms. The van der Waals surface area contributed by atoms with Crippen molar-refractivity contribution in [2.75, 3.05) is 42.8 Å². The van der Waals surface area contributed by atoms with Gasteiger partial charge in [0.05, 0.1) is 18.0 Å². The second-order valence-electron chi connectivity index (χ2n) is 8.59. The van der Waals surface area contributed by atoms with Crippen molar-refractivity contribution < 1.29 is 8.42 Å². The standard InChI is InChI=1S/C22H35N5O2S.HI/c1-2-23-22(25-19-12-14-26(17-19)20-8-4-5-9-20)24-13-16-30(28,29)27-15-11-18-7-3-6-10-21(18)27;/h3,6-7,10,19-20H,2,4-5,8-9,11-17H2,1H3,(H2,23,24,25);1H. The molecule has 3 aliphatic rings. The lowest BCUT2D eigenvalue weighted by molar-refractivity contribution is 0.242. The first-order chi connectivity index (χ1) is 14.6. The van der Waals surface area contributed by atoms with Gasteiger partial charge in [-0.05, 0) is 44.2 Å². The first-order valence-electron chi connectivity index (χ1n) is 11.4. The number of guanidine groups is 1. The molecule has 2 heterocycles. The number of anilines is 1. The summed E-state index contributed by atoms with van der Waals surface area (Å²) in [6.45, 7) is 5.78. The molecule has 1 saturated heterocycles. The summed E-state index contributed by atoms with van der Waals surface area (Å²) in [4.78, 5) is 7.20. The van der Waals surface area contributed by atoms with Crippen molar-refractivity contribution >= 4 is 45.6 Å². The topological polar surface area (TPSA) is 77.0 Å². The van der Waals surface area contributed by atoms with Crippen LogP contribution in [0.3, 0.4) is 0 Å². The van der Waals surface area contributed by atoms with E-state index < -0.39 is 10.0 Å². The number of nitrogens with one attached hydrogen (secondary N) is 2. The predicted molar refractivity (Wildman–Crippen MR) is 138 cm³/mol. The van der Waals surface area contributed by atoms with Crippen LogP contribution < -0.4 is 14.9 Å². The maximum Gasteiger partial charge on any atom is 0.237 e. The molecule has 1 aliphatic carbocycles. The summed E-state index contributed by atoms with van der Waals surface area (Å²) < 4.78 is 27.3. The van der Waals surface area contributed by atoms with Crippen LogP contribution >= 0.6 is 24.0 Å². The highest BCUT2D eigenvalue weighted by molar-refractivity contribution is 14.0. The van der Waals surface area contributed by atoms with Gasteiger partial charge in [0, 0.05) is 38.3 Å². The van der Waals surface area contributed by atoms with Crippen LogP contribution in [0.5, 0.6) is 0 Å². The van der Waals surface area contributed by atoms with Gasteiger partial charge >= 0.3 is 0 Å². The summed E-state index contributed by atoms with van der Waals surface area (Å²) >= 11 is 0. The fraction of sp³-hybridized carbons (Fsp3) is 0.682. The Hall–Kier alpha value is -1.07. The minimum Gasteiger partial charge on any atom is -0.357 e. The Morgan fingerprint density at radius 2 is 1.94 bits per heavy atom. The van der Waals surface area contributed by atoms with E-state index in [-0.39, 0.29) is 36.3 Å². The SMILES string of the molecule is CCNC(=NCCS(=O)(=O)N1CCc2ccccc21)NC1CCN(C2CCCC2)C1.I. The van der Waals surface area contributed by atoms with Gasteiger partial charge in [-0.3, -0.25) is 14.2 Å². The molecule has 0 aromatic heterocycles. The van der Waals surface area contributed by atoms with E-state index in [4.69, 9.17) is 0 Å². The minimum atomic E-state index is -3.37. The number of hydrogen-bond donors (Lipinski definition) is 2. The molecule has 1 aromatic carbocycles. The van der Waals surface area contributed by atoms with Gasteiger partial charge in [0.1, 0.15) is 0 Å². The van der Waals surface area contributed by atoms with E-state index in [0.29, 0.717) is 12.6 Å². The number of para-hydroxylation sites is 1. The smallest absolute Gasteiger partial charge is 0.237 e. The van der Waals surface area contributed by atoms with Crippen molar-refractivity contribution in [2.24, 2.45) is 4.99 Å². The Morgan fingerprint density at radius 3 is 2.71 bits per heavy atom. The highest BCUT2D eigenvalue weighted by Crippen LogP contribution is 2.30. The van der Waals surface area contributed by atoms with Crippen LogP contribution in [0.1, 0.15) is 44.6 Å². The molecule has 1 saturated carbocycles. The van der Waals surface area contributed by atoms with E-state index in [1.165, 1.54) is 25.7 Å².